The van der Waals surface area contributed by atoms with Gasteiger partial charge in [0.15, 0.2) is 11.6 Å². The first-order valence-electron chi connectivity index (χ1n) is 4.87. The topological polar surface area (TPSA) is 62.2 Å². The van der Waals surface area contributed by atoms with Gasteiger partial charge in [-0.1, -0.05) is 0 Å². The fourth-order valence-electron chi connectivity index (χ4n) is 1.28. The van der Waals surface area contributed by atoms with Crippen LogP contribution in [0.4, 0.5) is 10.1 Å². The summed E-state index contributed by atoms with van der Waals surface area (Å²) in [6.45, 7) is 0. The number of hydrogen-bond acceptors (Lipinski definition) is 3. The number of phenolic OH excluding ortho intramolecular Hbond substituents is 1. The standard InChI is InChI=1S/C12H9FN2O2/c13-10-6-9(3-4-11(10)16)15-12(17)8-2-1-5-14-7-8/h1-7,16H,(H,15,17). The third kappa shape index (κ3) is 2.57. The van der Waals surface area contributed by atoms with Gasteiger partial charge < -0.3 is 10.4 Å². The van der Waals surface area contributed by atoms with Crippen molar-refractivity contribution in [3.8, 4) is 5.75 Å². The molecule has 17 heavy (non-hydrogen) atoms. The van der Waals surface area contributed by atoms with Gasteiger partial charge in [0, 0.05) is 24.1 Å². The molecule has 0 aliphatic heterocycles. The number of anilines is 1. The lowest BCUT2D eigenvalue weighted by Gasteiger charge is -2.05. The number of pyridine rings is 1. The molecule has 1 aromatic heterocycles. The second-order valence-corrected chi connectivity index (χ2v) is 3.36. The molecule has 5 heteroatoms. The summed E-state index contributed by atoms with van der Waals surface area (Å²) in [7, 11) is 0. The number of nitrogens with one attached hydrogen (secondary N) is 1. The van der Waals surface area contributed by atoms with Crippen LogP contribution in [0, 0.1) is 5.82 Å². The number of carbonyl (C=O) groups is 1. The Morgan fingerprint density at radius 2 is 2.18 bits per heavy atom. The van der Waals surface area contributed by atoms with Crippen molar-refractivity contribution in [1.82, 2.24) is 4.98 Å². The van der Waals surface area contributed by atoms with Gasteiger partial charge in [-0.2, -0.15) is 0 Å². The quantitative estimate of drug-likeness (QED) is 0.780. The number of benzene rings is 1. The van der Waals surface area contributed by atoms with E-state index >= 15 is 0 Å². The lowest BCUT2D eigenvalue weighted by molar-refractivity contribution is 0.102. The van der Waals surface area contributed by atoms with E-state index in [-0.39, 0.29) is 11.6 Å². The number of amides is 1. The Labute approximate surface area is 96.7 Å². The third-order valence-corrected chi connectivity index (χ3v) is 2.13. The van der Waals surface area contributed by atoms with Crippen molar-refractivity contribution in [3.63, 3.8) is 0 Å². The molecule has 0 aliphatic carbocycles. The van der Waals surface area contributed by atoms with E-state index < -0.39 is 11.6 Å². The van der Waals surface area contributed by atoms with Crippen molar-refractivity contribution in [2.24, 2.45) is 0 Å². The van der Waals surface area contributed by atoms with Gasteiger partial charge in [-0.05, 0) is 24.3 Å². The summed E-state index contributed by atoms with van der Waals surface area (Å²) in [5.74, 6) is -1.62. The van der Waals surface area contributed by atoms with E-state index in [1.54, 1.807) is 18.3 Å². The van der Waals surface area contributed by atoms with E-state index in [1.165, 1.54) is 18.3 Å². The summed E-state index contributed by atoms with van der Waals surface area (Å²) < 4.78 is 13.0. The highest BCUT2D eigenvalue weighted by Gasteiger charge is 2.07. The molecule has 0 spiro atoms. The predicted molar refractivity (Wildman–Crippen MR) is 60.3 cm³/mol. The first kappa shape index (κ1) is 11.1. The third-order valence-electron chi connectivity index (χ3n) is 2.13. The van der Waals surface area contributed by atoms with Crippen LogP contribution in [0.1, 0.15) is 10.4 Å². The molecule has 1 aromatic carbocycles. The molecule has 0 fully saturated rings. The van der Waals surface area contributed by atoms with Crippen molar-refractivity contribution < 1.29 is 14.3 Å². The molecule has 0 radical (unpaired) electrons. The van der Waals surface area contributed by atoms with Crippen molar-refractivity contribution in [3.05, 3.63) is 54.1 Å². The number of carbonyl (C=O) groups excluding carboxylic acids is 1. The van der Waals surface area contributed by atoms with Crippen LogP contribution in [0.5, 0.6) is 5.75 Å². The molecule has 86 valence electrons. The Balaban J connectivity index is 2.16. The number of aromatic hydroxyl groups is 1. The largest absolute Gasteiger partial charge is 0.505 e. The lowest BCUT2D eigenvalue weighted by atomic mass is 10.2. The first-order valence-corrected chi connectivity index (χ1v) is 4.87. The highest BCUT2D eigenvalue weighted by Crippen LogP contribution is 2.19. The van der Waals surface area contributed by atoms with Crippen molar-refractivity contribution >= 4 is 11.6 Å². The fourth-order valence-corrected chi connectivity index (χ4v) is 1.28. The van der Waals surface area contributed by atoms with E-state index in [9.17, 15) is 9.18 Å². The SMILES string of the molecule is O=C(Nc1ccc(O)c(F)c1)c1cccnc1. The Bertz CT molecular complexity index is 543. The molecular weight excluding hydrogens is 223 g/mol. The van der Waals surface area contributed by atoms with Gasteiger partial charge >= 0.3 is 0 Å². The number of halogens is 1. The number of nitrogens with zero attached hydrogens (tertiary/aromatic N) is 1. The minimum absolute atomic E-state index is 0.272. The molecule has 1 heterocycles. The van der Waals surface area contributed by atoms with E-state index in [4.69, 9.17) is 5.11 Å². The van der Waals surface area contributed by atoms with Crippen LogP contribution in [0.3, 0.4) is 0 Å². The number of aromatic nitrogens is 1. The molecule has 2 N–H and O–H groups in total. The maximum Gasteiger partial charge on any atom is 0.257 e. The van der Waals surface area contributed by atoms with E-state index in [0.717, 1.165) is 6.07 Å². The maximum atomic E-state index is 13.0. The highest BCUT2D eigenvalue weighted by molar-refractivity contribution is 6.04. The summed E-state index contributed by atoms with van der Waals surface area (Å²) in [4.78, 5) is 15.5. The number of hydrogen-bond donors (Lipinski definition) is 2. The molecule has 0 aliphatic rings. The van der Waals surface area contributed by atoms with Crippen LogP contribution in [0.15, 0.2) is 42.7 Å². The van der Waals surface area contributed by atoms with Gasteiger partial charge in [-0.25, -0.2) is 4.39 Å². The van der Waals surface area contributed by atoms with Gasteiger partial charge in [-0.15, -0.1) is 0 Å². The summed E-state index contributed by atoms with van der Waals surface area (Å²) in [5, 5.41) is 11.5. The van der Waals surface area contributed by atoms with Crippen LogP contribution in [-0.2, 0) is 0 Å². The van der Waals surface area contributed by atoms with Crippen molar-refractivity contribution in [2.75, 3.05) is 5.32 Å². The molecule has 2 rings (SSSR count). The van der Waals surface area contributed by atoms with Crippen molar-refractivity contribution in [2.45, 2.75) is 0 Å². The summed E-state index contributed by atoms with van der Waals surface area (Å²) in [6, 6.07) is 6.86. The Morgan fingerprint density at radius 1 is 1.35 bits per heavy atom. The number of phenols is 1. The highest BCUT2D eigenvalue weighted by atomic mass is 19.1. The molecule has 2 aromatic rings. The van der Waals surface area contributed by atoms with Crippen LogP contribution in [-0.4, -0.2) is 16.0 Å². The minimum atomic E-state index is -0.783. The minimum Gasteiger partial charge on any atom is -0.505 e. The second kappa shape index (κ2) is 4.61. The van der Waals surface area contributed by atoms with E-state index in [0.29, 0.717) is 5.56 Å². The van der Waals surface area contributed by atoms with Gasteiger partial charge in [0.05, 0.1) is 5.56 Å². The Kier molecular flexibility index (Phi) is 3.00. The molecule has 0 bridgehead atoms. The zero-order valence-corrected chi connectivity index (χ0v) is 8.72. The van der Waals surface area contributed by atoms with Crippen LogP contribution < -0.4 is 5.32 Å². The zero-order valence-electron chi connectivity index (χ0n) is 8.72. The molecule has 0 saturated heterocycles. The fraction of sp³-hybridized carbons (Fsp3) is 0. The molecule has 0 saturated carbocycles. The first-order chi connectivity index (χ1) is 8.16. The van der Waals surface area contributed by atoms with Gasteiger partial charge in [-0.3, -0.25) is 9.78 Å². The second-order valence-electron chi connectivity index (χ2n) is 3.36. The molecule has 4 nitrogen and oxygen atoms in total. The molecular formula is C12H9FN2O2. The van der Waals surface area contributed by atoms with E-state index in [2.05, 4.69) is 10.3 Å². The smallest absolute Gasteiger partial charge is 0.257 e. The molecule has 0 unspecified atom stereocenters. The zero-order chi connectivity index (χ0) is 12.3. The molecule has 0 atom stereocenters. The van der Waals surface area contributed by atoms with Crippen LogP contribution in [0.25, 0.3) is 0 Å². The van der Waals surface area contributed by atoms with Gasteiger partial charge in [0.25, 0.3) is 5.91 Å². The Hall–Kier alpha value is -2.43. The monoisotopic (exact) mass is 232 g/mol. The summed E-state index contributed by atoms with van der Waals surface area (Å²) >= 11 is 0. The lowest BCUT2D eigenvalue weighted by Crippen LogP contribution is -2.12. The van der Waals surface area contributed by atoms with Crippen LogP contribution >= 0.6 is 0 Å². The summed E-state index contributed by atoms with van der Waals surface area (Å²) in [5.41, 5.74) is 0.648. The van der Waals surface area contributed by atoms with Gasteiger partial charge in [0.2, 0.25) is 0 Å². The normalized spacial score (nSPS) is 9.94. The average molecular weight is 232 g/mol. The van der Waals surface area contributed by atoms with E-state index in [1.807, 2.05) is 0 Å². The predicted octanol–water partition coefficient (Wildman–Crippen LogP) is 2.18. The average Bonchev–Trinajstić information content (AvgIpc) is 2.35. The van der Waals surface area contributed by atoms with Crippen LogP contribution in [0.2, 0.25) is 0 Å². The van der Waals surface area contributed by atoms with Crippen molar-refractivity contribution in [1.29, 1.82) is 0 Å². The maximum absolute atomic E-state index is 13.0. The summed E-state index contributed by atoms with van der Waals surface area (Å²) in [6.07, 6.45) is 2.96. The Morgan fingerprint density at radius 3 is 2.82 bits per heavy atom. The number of rotatable bonds is 2. The van der Waals surface area contributed by atoms with Gasteiger partial charge in [0.1, 0.15) is 0 Å². The molecule has 1 amide bonds.